The van der Waals surface area contributed by atoms with Crippen LogP contribution < -0.4 is 16.0 Å². The molecule has 0 aromatic heterocycles. The van der Waals surface area contributed by atoms with E-state index in [-0.39, 0.29) is 23.9 Å². The van der Waals surface area contributed by atoms with Crippen molar-refractivity contribution in [1.29, 1.82) is 0 Å². The lowest BCUT2D eigenvalue weighted by Gasteiger charge is -2.50. The summed E-state index contributed by atoms with van der Waals surface area (Å²) in [7, 11) is 1.99. The maximum absolute atomic E-state index is 14.1. The molecule has 0 aromatic rings. The normalized spacial score (nSPS) is 42.8. The second kappa shape index (κ2) is 10.3. The van der Waals surface area contributed by atoms with Crippen LogP contribution in [0.1, 0.15) is 71.6 Å². The van der Waals surface area contributed by atoms with Gasteiger partial charge in [-0.05, 0) is 69.6 Å². The second-order valence-corrected chi connectivity index (χ2v) is 11.2. The summed E-state index contributed by atoms with van der Waals surface area (Å²) < 4.78 is 14.1. The number of hydrogen-bond acceptors (Lipinski definition) is 3. The molecule has 0 radical (unpaired) electrons. The number of fused-ring (bicyclic) bond motifs is 1. The van der Waals surface area contributed by atoms with Gasteiger partial charge in [-0.15, -0.1) is 0 Å². The lowest BCUT2D eigenvalue weighted by atomic mass is 9.65. The van der Waals surface area contributed by atoms with E-state index in [1.165, 1.54) is 0 Å². The van der Waals surface area contributed by atoms with Crippen LogP contribution in [0, 0.1) is 29.6 Å². The second-order valence-electron chi connectivity index (χ2n) is 11.2. The van der Waals surface area contributed by atoms with Crippen LogP contribution in [0.4, 0.5) is 9.18 Å². The highest BCUT2D eigenvalue weighted by Crippen LogP contribution is 2.43. The lowest BCUT2D eigenvalue weighted by Crippen LogP contribution is -2.60. The first kappa shape index (κ1) is 23.8. The zero-order chi connectivity index (χ0) is 22.8. The Hall–Kier alpha value is -1.37. The fraction of sp³-hybridized carbons (Fsp3) is 0.920. The van der Waals surface area contributed by atoms with Crippen molar-refractivity contribution in [1.82, 2.24) is 20.9 Å². The Morgan fingerprint density at radius 1 is 1.12 bits per heavy atom. The predicted molar refractivity (Wildman–Crippen MR) is 124 cm³/mol. The number of urea groups is 1. The first-order valence-electron chi connectivity index (χ1n) is 13.0. The molecule has 32 heavy (non-hydrogen) atoms. The molecule has 3 N–H and O–H groups in total. The van der Waals surface area contributed by atoms with Gasteiger partial charge in [0, 0.05) is 50.1 Å². The Morgan fingerprint density at radius 2 is 1.91 bits per heavy atom. The fourth-order valence-corrected chi connectivity index (χ4v) is 6.95. The molecule has 2 heterocycles. The van der Waals surface area contributed by atoms with E-state index in [0.29, 0.717) is 48.7 Å². The third-order valence-electron chi connectivity index (χ3n) is 9.04. The number of hydrogen-bond donors (Lipinski definition) is 3. The number of halogens is 1. The number of alkyl halides is 1. The van der Waals surface area contributed by atoms with E-state index >= 15 is 0 Å². The summed E-state index contributed by atoms with van der Waals surface area (Å²) in [5.41, 5.74) is 0. The highest BCUT2D eigenvalue weighted by molar-refractivity contribution is 5.80. The van der Waals surface area contributed by atoms with Gasteiger partial charge < -0.3 is 20.9 Å². The monoisotopic (exact) mass is 450 g/mol. The van der Waals surface area contributed by atoms with Crippen molar-refractivity contribution >= 4 is 11.9 Å². The van der Waals surface area contributed by atoms with E-state index in [1.807, 2.05) is 11.9 Å². The molecule has 4 aliphatic rings. The van der Waals surface area contributed by atoms with Crippen molar-refractivity contribution in [2.45, 2.75) is 95.9 Å². The Bertz CT molecular complexity index is 676. The predicted octanol–water partition coefficient (Wildman–Crippen LogP) is 3.46. The minimum absolute atomic E-state index is 0.0497. The van der Waals surface area contributed by atoms with E-state index in [2.05, 4.69) is 29.8 Å². The van der Waals surface area contributed by atoms with Gasteiger partial charge in [-0.2, -0.15) is 0 Å². The third kappa shape index (κ3) is 5.23. The van der Waals surface area contributed by atoms with Gasteiger partial charge in [0.05, 0.1) is 0 Å². The summed E-state index contributed by atoms with van der Waals surface area (Å²) in [6.45, 7) is 5.88. The van der Waals surface area contributed by atoms with E-state index < -0.39 is 6.17 Å². The van der Waals surface area contributed by atoms with Gasteiger partial charge in [-0.3, -0.25) is 4.79 Å². The van der Waals surface area contributed by atoms with Gasteiger partial charge in [0.1, 0.15) is 6.17 Å². The molecule has 0 bridgehead atoms. The molecule has 6 nitrogen and oxygen atoms in total. The minimum Gasteiger partial charge on any atom is -0.342 e. The number of rotatable bonds is 4. The smallest absolute Gasteiger partial charge is 0.315 e. The van der Waals surface area contributed by atoms with Crippen LogP contribution in [-0.2, 0) is 4.79 Å². The van der Waals surface area contributed by atoms with Crippen molar-refractivity contribution in [2.75, 3.05) is 20.1 Å². The molecule has 0 spiro atoms. The standard InChI is InChI=1S/C25H43FN4O2/c1-15-8-9-19(29-25(32)28-13-17-6-4-5-7-22(17)26)12-20(15)21-11-18-14-27-16(2)10-23(18)30(3)24(21)31/h15-23,27H,4-14H2,1-3H3,(H2,28,29,32). The van der Waals surface area contributed by atoms with E-state index in [4.69, 9.17) is 0 Å². The molecule has 9 unspecified atom stereocenters. The Morgan fingerprint density at radius 3 is 2.69 bits per heavy atom. The third-order valence-corrected chi connectivity index (χ3v) is 9.04. The van der Waals surface area contributed by atoms with E-state index in [9.17, 15) is 14.0 Å². The highest BCUT2D eigenvalue weighted by atomic mass is 19.1. The molecule has 0 aromatic carbocycles. The summed E-state index contributed by atoms with van der Waals surface area (Å²) in [4.78, 5) is 27.9. The molecule has 182 valence electrons. The van der Waals surface area contributed by atoms with Gasteiger partial charge in [0.25, 0.3) is 0 Å². The maximum atomic E-state index is 14.1. The van der Waals surface area contributed by atoms with Gasteiger partial charge in [-0.1, -0.05) is 19.8 Å². The first-order valence-corrected chi connectivity index (χ1v) is 13.0. The van der Waals surface area contributed by atoms with Crippen molar-refractivity contribution in [2.24, 2.45) is 29.6 Å². The molecular formula is C25H43FN4O2. The lowest BCUT2D eigenvalue weighted by molar-refractivity contribution is -0.148. The molecule has 2 aliphatic heterocycles. The van der Waals surface area contributed by atoms with Crippen LogP contribution >= 0.6 is 0 Å². The quantitative estimate of drug-likeness (QED) is 0.614. The molecule has 2 saturated carbocycles. The zero-order valence-corrected chi connectivity index (χ0v) is 20.1. The minimum atomic E-state index is -0.792. The number of nitrogens with one attached hydrogen (secondary N) is 3. The number of amides is 3. The average molecular weight is 451 g/mol. The fourth-order valence-electron chi connectivity index (χ4n) is 6.95. The molecule has 3 amide bonds. The SMILES string of the molecule is CC1CC2C(CN1)CC(C1CC(NC(=O)NCC3CCCCC3F)CCC1C)C(=O)N2C. The molecule has 2 aliphatic carbocycles. The maximum Gasteiger partial charge on any atom is 0.315 e. The van der Waals surface area contributed by atoms with Crippen LogP contribution in [0.3, 0.4) is 0 Å². The zero-order valence-electron chi connectivity index (χ0n) is 20.1. The molecule has 4 fully saturated rings. The van der Waals surface area contributed by atoms with E-state index in [0.717, 1.165) is 57.9 Å². The summed E-state index contributed by atoms with van der Waals surface area (Å²) >= 11 is 0. The average Bonchev–Trinajstić information content (AvgIpc) is 2.77. The van der Waals surface area contributed by atoms with Gasteiger partial charge in [0.15, 0.2) is 0 Å². The topological polar surface area (TPSA) is 73.5 Å². The first-order chi connectivity index (χ1) is 15.3. The van der Waals surface area contributed by atoms with Gasteiger partial charge >= 0.3 is 6.03 Å². The summed E-state index contributed by atoms with van der Waals surface area (Å²) in [5, 5.41) is 9.66. The summed E-state index contributed by atoms with van der Waals surface area (Å²) in [6.07, 6.45) is 7.52. The van der Waals surface area contributed by atoms with Crippen LogP contribution in [-0.4, -0.2) is 61.3 Å². The van der Waals surface area contributed by atoms with Gasteiger partial charge in [0.2, 0.25) is 5.91 Å². The molecule has 9 atom stereocenters. The van der Waals surface area contributed by atoms with Gasteiger partial charge in [-0.25, -0.2) is 9.18 Å². The summed E-state index contributed by atoms with van der Waals surface area (Å²) in [6, 6.07) is 0.723. The largest absolute Gasteiger partial charge is 0.342 e. The molecular weight excluding hydrogens is 407 g/mol. The molecule has 7 heteroatoms. The van der Waals surface area contributed by atoms with Crippen LogP contribution in [0.5, 0.6) is 0 Å². The van der Waals surface area contributed by atoms with Crippen molar-refractivity contribution in [3.05, 3.63) is 0 Å². The van der Waals surface area contributed by atoms with Crippen molar-refractivity contribution in [3.8, 4) is 0 Å². The number of likely N-dealkylation sites (tertiary alicyclic amines) is 1. The van der Waals surface area contributed by atoms with Crippen LogP contribution in [0.25, 0.3) is 0 Å². The Balaban J connectivity index is 1.32. The van der Waals surface area contributed by atoms with Crippen LogP contribution in [0.2, 0.25) is 0 Å². The molecule has 4 rings (SSSR count). The molecule has 2 saturated heterocycles. The Labute approximate surface area is 192 Å². The number of piperidine rings is 2. The number of carbonyl (C=O) groups is 2. The number of nitrogens with zero attached hydrogens (tertiary/aromatic N) is 1. The van der Waals surface area contributed by atoms with E-state index in [1.54, 1.807) is 0 Å². The summed E-state index contributed by atoms with van der Waals surface area (Å²) in [5.74, 6) is 1.61. The van der Waals surface area contributed by atoms with Crippen molar-refractivity contribution in [3.63, 3.8) is 0 Å². The van der Waals surface area contributed by atoms with Crippen LogP contribution in [0.15, 0.2) is 0 Å². The number of carbonyl (C=O) groups excluding carboxylic acids is 2. The highest BCUT2D eigenvalue weighted by Gasteiger charge is 2.47. The van der Waals surface area contributed by atoms with Crippen molar-refractivity contribution < 1.29 is 14.0 Å². The Kier molecular flexibility index (Phi) is 7.63.